The van der Waals surface area contributed by atoms with E-state index in [-0.39, 0.29) is 22.4 Å². The highest BCUT2D eigenvalue weighted by molar-refractivity contribution is 8.01. The van der Waals surface area contributed by atoms with Gasteiger partial charge in [0.1, 0.15) is 0 Å². The number of ether oxygens (including phenoxy) is 1. The van der Waals surface area contributed by atoms with E-state index < -0.39 is 0 Å². The van der Waals surface area contributed by atoms with E-state index >= 15 is 0 Å². The Morgan fingerprint density at radius 3 is 2.45 bits per heavy atom. The van der Waals surface area contributed by atoms with Crippen LogP contribution in [0.15, 0.2) is 0 Å². The van der Waals surface area contributed by atoms with Crippen LogP contribution in [0.4, 0.5) is 0 Å². The van der Waals surface area contributed by atoms with Crippen LogP contribution in [0, 0.1) is 5.41 Å². The first-order valence-electron chi connectivity index (χ1n) is 7.72. The van der Waals surface area contributed by atoms with Gasteiger partial charge < -0.3 is 14.7 Å². The van der Waals surface area contributed by atoms with Crippen molar-refractivity contribution in [2.75, 3.05) is 26.0 Å². The zero-order valence-electron chi connectivity index (χ0n) is 12.4. The minimum Gasteiger partial charge on any atom is -0.392 e. The number of carbonyl (C=O) groups is 1. The topological polar surface area (TPSA) is 49.8 Å². The largest absolute Gasteiger partial charge is 0.392 e. The first-order valence-corrected chi connectivity index (χ1v) is 8.95. The van der Waals surface area contributed by atoms with Crippen LogP contribution >= 0.6 is 11.8 Å². The zero-order valence-corrected chi connectivity index (χ0v) is 13.2. The maximum absolute atomic E-state index is 12.5. The number of hydrogen-bond donors (Lipinski definition) is 1. The van der Waals surface area contributed by atoms with E-state index in [1.807, 2.05) is 18.1 Å². The van der Waals surface area contributed by atoms with Gasteiger partial charge in [-0.2, -0.15) is 0 Å². The Labute approximate surface area is 125 Å². The molecule has 1 saturated heterocycles. The third-order valence-electron chi connectivity index (χ3n) is 5.58. The Balaban J connectivity index is 1.60. The van der Waals surface area contributed by atoms with Gasteiger partial charge in [-0.05, 0) is 38.9 Å². The molecule has 3 rings (SSSR count). The van der Waals surface area contributed by atoms with E-state index in [4.69, 9.17) is 4.74 Å². The van der Waals surface area contributed by atoms with Gasteiger partial charge in [-0.3, -0.25) is 4.79 Å². The van der Waals surface area contributed by atoms with E-state index in [2.05, 4.69) is 0 Å². The smallest absolute Gasteiger partial charge is 0.238 e. The molecule has 4 nitrogen and oxygen atoms in total. The summed E-state index contributed by atoms with van der Waals surface area (Å²) >= 11 is 1.70. The van der Waals surface area contributed by atoms with Gasteiger partial charge in [0.05, 0.1) is 17.0 Å². The highest BCUT2D eigenvalue weighted by Crippen LogP contribution is 2.53. The van der Waals surface area contributed by atoms with E-state index in [0.29, 0.717) is 12.5 Å². The SMILES string of the molecule is CCOC1CC(O)C12CCN(C(=O)C1(SC)CC1)CC2. The van der Waals surface area contributed by atoms with Crippen molar-refractivity contribution < 1.29 is 14.6 Å². The first kappa shape index (κ1) is 14.7. The molecule has 1 aliphatic heterocycles. The fraction of sp³-hybridized carbons (Fsp3) is 0.933. The van der Waals surface area contributed by atoms with Gasteiger partial charge in [0.2, 0.25) is 5.91 Å². The second kappa shape index (κ2) is 5.18. The number of rotatable bonds is 4. The normalized spacial score (nSPS) is 33.9. The van der Waals surface area contributed by atoms with Crippen molar-refractivity contribution in [1.29, 1.82) is 0 Å². The van der Waals surface area contributed by atoms with Crippen LogP contribution in [0.2, 0.25) is 0 Å². The standard InChI is InChI=1S/C15H25NO3S/c1-3-19-12-10-11(17)14(12)6-8-16(9-7-14)13(18)15(20-2)4-5-15/h11-12,17H,3-10H2,1-2H3. The van der Waals surface area contributed by atoms with Crippen molar-refractivity contribution in [3.05, 3.63) is 0 Å². The molecule has 0 aromatic heterocycles. The predicted molar refractivity (Wildman–Crippen MR) is 79.8 cm³/mol. The average molecular weight is 299 g/mol. The van der Waals surface area contributed by atoms with Crippen LogP contribution in [0.3, 0.4) is 0 Å². The summed E-state index contributed by atoms with van der Waals surface area (Å²) in [6, 6.07) is 0. The highest BCUT2D eigenvalue weighted by atomic mass is 32.2. The van der Waals surface area contributed by atoms with Crippen molar-refractivity contribution in [2.24, 2.45) is 5.41 Å². The third kappa shape index (κ3) is 2.09. The van der Waals surface area contributed by atoms with E-state index in [9.17, 15) is 9.90 Å². The number of thioether (sulfide) groups is 1. The number of hydrogen-bond acceptors (Lipinski definition) is 4. The van der Waals surface area contributed by atoms with E-state index in [1.54, 1.807) is 11.8 Å². The molecule has 1 amide bonds. The summed E-state index contributed by atoms with van der Waals surface area (Å²) in [5, 5.41) is 10.2. The molecule has 2 unspecified atom stereocenters. The molecule has 0 radical (unpaired) electrons. The molecule has 5 heteroatoms. The fourth-order valence-electron chi connectivity index (χ4n) is 3.85. The highest BCUT2D eigenvalue weighted by Gasteiger charge is 2.58. The Bertz CT molecular complexity index is 387. The quantitative estimate of drug-likeness (QED) is 0.858. The summed E-state index contributed by atoms with van der Waals surface area (Å²) in [7, 11) is 0. The van der Waals surface area contributed by atoms with Crippen LogP contribution in [-0.4, -0.2) is 58.8 Å². The number of aliphatic hydroxyl groups excluding tert-OH is 1. The van der Waals surface area contributed by atoms with E-state index in [0.717, 1.165) is 45.2 Å². The van der Waals surface area contributed by atoms with E-state index in [1.165, 1.54) is 0 Å². The Kier molecular flexibility index (Phi) is 3.80. The molecule has 3 fully saturated rings. The lowest BCUT2D eigenvalue weighted by molar-refractivity contribution is -0.210. The minimum absolute atomic E-state index is 0.0805. The lowest BCUT2D eigenvalue weighted by Gasteiger charge is -2.56. The van der Waals surface area contributed by atoms with Crippen LogP contribution < -0.4 is 0 Å². The Hall–Kier alpha value is -0.260. The van der Waals surface area contributed by atoms with Crippen molar-refractivity contribution in [3.63, 3.8) is 0 Å². The number of carbonyl (C=O) groups excluding carboxylic acids is 1. The summed E-state index contributed by atoms with van der Waals surface area (Å²) in [4.78, 5) is 14.5. The number of nitrogens with zero attached hydrogens (tertiary/aromatic N) is 1. The van der Waals surface area contributed by atoms with Crippen LogP contribution in [0.5, 0.6) is 0 Å². The molecule has 2 aliphatic carbocycles. The number of amides is 1. The summed E-state index contributed by atoms with van der Waals surface area (Å²) < 4.78 is 5.66. The minimum atomic E-state index is -0.244. The summed E-state index contributed by atoms with van der Waals surface area (Å²) in [5.41, 5.74) is -0.0805. The average Bonchev–Trinajstić information content (AvgIpc) is 3.28. The molecule has 114 valence electrons. The zero-order chi connectivity index (χ0) is 14.4. The number of piperidine rings is 1. The summed E-state index contributed by atoms with van der Waals surface area (Å²) in [6.07, 6.45) is 6.57. The molecule has 0 bridgehead atoms. The maximum atomic E-state index is 12.5. The number of likely N-dealkylation sites (tertiary alicyclic amines) is 1. The van der Waals surface area contributed by atoms with Gasteiger partial charge in [-0.15, -0.1) is 11.8 Å². The molecule has 0 aromatic carbocycles. The molecular weight excluding hydrogens is 274 g/mol. The maximum Gasteiger partial charge on any atom is 0.238 e. The lowest BCUT2D eigenvalue weighted by atomic mass is 9.58. The van der Waals surface area contributed by atoms with Gasteiger partial charge in [0.15, 0.2) is 0 Å². The predicted octanol–water partition coefficient (Wildman–Crippen LogP) is 1.66. The van der Waals surface area contributed by atoms with Gasteiger partial charge in [-0.25, -0.2) is 0 Å². The molecule has 1 spiro atoms. The molecule has 1 N–H and O–H groups in total. The number of aliphatic hydroxyl groups is 1. The lowest BCUT2D eigenvalue weighted by Crippen LogP contribution is -2.63. The second-order valence-corrected chi connectivity index (χ2v) is 7.61. The van der Waals surface area contributed by atoms with Crippen molar-refractivity contribution in [1.82, 2.24) is 4.90 Å². The van der Waals surface area contributed by atoms with Gasteiger partial charge in [0, 0.05) is 31.5 Å². The van der Waals surface area contributed by atoms with Gasteiger partial charge in [0.25, 0.3) is 0 Å². The van der Waals surface area contributed by atoms with Crippen molar-refractivity contribution in [2.45, 2.75) is 56.0 Å². The third-order valence-corrected chi connectivity index (χ3v) is 6.94. The van der Waals surface area contributed by atoms with Crippen LogP contribution in [0.25, 0.3) is 0 Å². The Morgan fingerprint density at radius 1 is 1.35 bits per heavy atom. The van der Waals surface area contributed by atoms with Gasteiger partial charge in [-0.1, -0.05) is 0 Å². The van der Waals surface area contributed by atoms with Crippen LogP contribution in [0.1, 0.15) is 39.0 Å². The molecular formula is C15H25NO3S. The molecule has 2 saturated carbocycles. The first-order chi connectivity index (χ1) is 9.58. The molecule has 2 atom stereocenters. The second-order valence-electron chi connectivity index (χ2n) is 6.42. The summed E-state index contributed by atoms with van der Waals surface area (Å²) in [5.74, 6) is 0.321. The fourth-order valence-corrected chi connectivity index (χ4v) is 4.66. The Morgan fingerprint density at radius 2 is 2.00 bits per heavy atom. The van der Waals surface area contributed by atoms with Crippen molar-refractivity contribution in [3.8, 4) is 0 Å². The molecule has 3 aliphatic rings. The monoisotopic (exact) mass is 299 g/mol. The van der Waals surface area contributed by atoms with Crippen molar-refractivity contribution >= 4 is 17.7 Å². The summed E-state index contributed by atoms with van der Waals surface area (Å²) in [6.45, 7) is 4.27. The molecule has 1 heterocycles. The molecule has 20 heavy (non-hydrogen) atoms. The van der Waals surface area contributed by atoms with Gasteiger partial charge >= 0.3 is 0 Å². The molecule has 0 aromatic rings. The van der Waals surface area contributed by atoms with Crippen LogP contribution in [-0.2, 0) is 9.53 Å².